The number of nitrogens with zero attached hydrogens (tertiary/aromatic N) is 7. The van der Waals surface area contributed by atoms with Crippen LogP contribution < -0.4 is 4.72 Å². The van der Waals surface area contributed by atoms with Gasteiger partial charge in [0.1, 0.15) is 18.0 Å². The molecule has 0 aliphatic heterocycles. The van der Waals surface area contributed by atoms with E-state index in [1.54, 1.807) is 18.3 Å². The third kappa shape index (κ3) is 3.20. The predicted octanol–water partition coefficient (Wildman–Crippen LogP) is 2.90. The van der Waals surface area contributed by atoms with E-state index in [0.29, 0.717) is 5.69 Å². The molecular formula is C24H22F2N8O2S. The summed E-state index contributed by atoms with van der Waals surface area (Å²) in [6.07, 6.45) is 4.39. The number of halogens is 2. The maximum absolute atomic E-state index is 14.5. The number of hydrogen-bond acceptors (Lipinski definition) is 8. The van der Waals surface area contributed by atoms with Gasteiger partial charge in [-0.1, -0.05) is 19.9 Å². The van der Waals surface area contributed by atoms with Crippen molar-refractivity contribution in [3.63, 3.8) is 0 Å². The number of aromatic nitrogens is 7. The molecule has 3 aromatic heterocycles. The topological polar surface area (TPSA) is 128 Å². The first-order valence-corrected chi connectivity index (χ1v) is 13.1. The molecule has 13 heteroatoms. The zero-order valence-electron chi connectivity index (χ0n) is 20.1. The van der Waals surface area contributed by atoms with Crippen LogP contribution in [0.15, 0.2) is 48.0 Å². The molecule has 2 bridgehead atoms. The third-order valence-corrected chi connectivity index (χ3v) is 9.07. The number of hydrogen-bond donors (Lipinski definition) is 1. The van der Waals surface area contributed by atoms with E-state index in [-0.39, 0.29) is 28.5 Å². The molecule has 1 fully saturated rings. The Morgan fingerprint density at radius 2 is 1.86 bits per heavy atom. The van der Waals surface area contributed by atoms with Crippen LogP contribution in [0.5, 0.6) is 0 Å². The Labute approximate surface area is 211 Å². The highest BCUT2D eigenvalue weighted by atomic mass is 32.2. The molecule has 0 spiro atoms. The minimum Gasteiger partial charge on any atom is -0.220 e. The fourth-order valence-corrected chi connectivity index (χ4v) is 6.58. The smallest absolute Gasteiger partial charge is 0.220 e. The van der Waals surface area contributed by atoms with E-state index in [0.717, 1.165) is 24.1 Å². The van der Waals surface area contributed by atoms with Crippen molar-refractivity contribution >= 4 is 10.0 Å². The first-order valence-electron chi connectivity index (χ1n) is 11.6. The van der Waals surface area contributed by atoms with Crippen molar-refractivity contribution in [3.05, 3.63) is 71.4 Å². The SMILES string of the molecule is CNS(=O)(=O)c1ncn(-c2nccc([C@@]34CCC(c5cc(-c6c(F)cccc6F)nnc53)C4(C)C)n2)n1. The van der Waals surface area contributed by atoms with Gasteiger partial charge in [-0.05, 0) is 61.1 Å². The van der Waals surface area contributed by atoms with Gasteiger partial charge in [0.05, 0.1) is 28.1 Å². The number of benzene rings is 1. The monoisotopic (exact) mass is 524 g/mol. The molecule has 1 aromatic carbocycles. The quantitative estimate of drug-likeness (QED) is 0.422. The Balaban J connectivity index is 1.48. The largest absolute Gasteiger partial charge is 0.282 e. The van der Waals surface area contributed by atoms with Gasteiger partial charge in [-0.2, -0.15) is 9.78 Å². The van der Waals surface area contributed by atoms with Crippen LogP contribution in [0.1, 0.15) is 49.6 Å². The van der Waals surface area contributed by atoms with E-state index >= 15 is 0 Å². The Kier molecular flexibility index (Phi) is 5.05. The van der Waals surface area contributed by atoms with Crippen LogP contribution in [0.4, 0.5) is 8.78 Å². The van der Waals surface area contributed by atoms with Crippen LogP contribution >= 0.6 is 0 Å². The van der Waals surface area contributed by atoms with E-state index in [1.807, 2.05) is 0 Å². The zero-order chi connectivity index (χ0) is 26.2. The lowest BCUT2D eigenvalue weighted by Gasteiger charge is -2.37. The summed E-state index contributed by atoms with van der Waals surface area (Å²) in [5, 5.41) is 12.4. The fraction of sp³-hybridized carbons (Fsp3) is 0.333. The first-order chi connectivity index (χ1) is 17.6. The van der Waals surface area contributed by atoms with E-state index in [1.165, 1.54) is 36.3 Å². The second kappa shape index (κ2) is 7.89. The summed E-state index contributed by atoms with van der Waals surface area (Å²) in [5.74, 6) is -1.16. The zero-order valence-corrected chi connectivity index (χ0v) is 21.0. The van der Waals surface area contributed by atoms with Crippen molar-refractivity contribution in [3.8, 4) is 17.2 Å². The molecule has 0 amide bonds. The minimum atomic E-state index is -3.83. The van der Waals surface area contributed by atoms with Crippen LogP contribution in [-0.4, -0.2) is 50.4 Å². The summed E-state index contributed by atoms with van der Waals surface area (Å²) >= 11 is 0. The molecule has 2 aliphatic carbocycles. The van der Waals surface area contributed by atoms with Gasteiger partial charge in [0, 0.05) is 6.20 Å². The molecule has 3 heterocycles. The molecular weight excluding hydrogens is 502 g/mol. The summed E-state index contributed by atoms with van der Waals surface area (Å²) in [7, 11) is -2.56. The van der Waals surface area contributed by atoms with Crippen molar-refractivity contribution < 1.29 is 17.2 Å². The lowest BCUT2D eigenvalue weighted by molar-refractivity contribution is 0.242. The molecule has 0 radical (unpaired) electrons. The summed E-state index contributed by atoms with van der Waals surface area (Å²) in [4.78, 5) is 12.9. The maximum atomic E-state index is 14.5. The molecule has 190 valence electrons. The Bertz CT molecular complexity index is 1650. The Morgan fingerprint density at radius 3 is 2.59 bits per heavy atom. The van der Waals surface area contributed by atoms with Crippen molar-refractivity contribution in [2.24, 2.45) is 5.41 Å². The molecule has 37 heavy (non-hydrogen) atoms. The third-order valence-electron chi connectivity index (χ3n) is 7.87. The Morgan fingerprint density at radius 1 is 1.11 bits per heavy atom. The van der Waals surface area contributed by atoms with Gasteiger partial charge < -0.3 is 0 Å². The van der Waals surface area contributed by atoms with Gasteiger partial charge in [0.2, 0.25) is 0 Å². The van der Waals surface area contributed by atoms with Gasteiger partial charge in [0.25, 0.3) is 21.1 Å². The molecule has 10 nitrogen and oxygen atoms in total. The Hall–Kier alpha value is -3.71. The average Bonchev–Trinajstić information content (AvgIpc) is 3.53. The summed E-state index contributed by atoms with van der Waals surface area (Å²) in [6.45, 7) is 4.26. The molecule has 2 aliphatic rings. The number of nitrogens with one attached hydrogen (secondary N) is 1. The highest BCUT2D eigenvalue weighted by molar-refractivity contribution is 7.89. The van der Waals surface area contributed by atoms with Crippen LogP contribution in [0.3, 0.4) is 0 Å². The molecule has 1 saturated carbocycles. The van der Waals surface area contributed by atoms with Crippen LogP contribution in [0.2, 0.25) is 0 Å². The lowest BCUT2D eigenvalue weighted by atomic mass is 9.66. The number of rotatable bonds is 5. The number of fused-ring (bicyclic) bond motifs is 5. The highest BCUT2D eigenvalue weighted by Crippen LogP contribution is 2.69. The minimum absolute atomic E-state index is 0.0729. The van der Waals surface area contributed by atoms with E-state index in [4.69, 9.17) is 4.98 Å². The number of sulfonamides is 1. The van der Waals surface area contributed by atoms with Crippen LogP contribution in [0.25, 0.3) is 17.2 Å². The van der Waals surface area contributed by atoms with E-state index < -0.39 is 32.2 Å². The van der Waals surface area contributed by atoms with Gasteiger partial charge in [-0.3, -0.25) is 0 Å². The lowest BCUT2D eigenvalue weighted by Crippen LogP contribution is -2.38. The predicted molar refractivity (Wildman–Crippen MR) is 127 cm³/mol. The molecule has 4 aromatic rings. The molecule has 0 saturated heterocycles. The standard InChI is InChI=1S/C24H22F2N8O2S/c1-23(2)14-7-9-24(23,20-13(14)11-17(31-32-20)19-15(25)5-4-6-16(19)26)18-8-10-28-21(30-18)34-12-29-22(33-34)37(35,36)27-3/h4-6,8,10-12,14,27H,7,9H2,1-3H3/t14?,24-/m0/s1. The second-order valence-electron chi connectivity index (χ2n) is 9.77. The van der Waals surface area contributed by atoms with E-state index in [2.05, 4.69) is 43.8 Å². The highest BCUT2D eigenvalue weighted by Gasteiger charge is 2.65. The fourth-order valence-electron chi connectivity index (χ4n) is 6.01. The maximum Gasteiger partial charge on any atom is 0.282 e. The van der Waals surface area contributed by atoms with Crippen molar-refractivity contribution in [1.29, 1.82) is 0 Å². The van der Waals surface area contributed by atoms with E-state index in [9.17, 15) is 17.2 Å². The van der Waals surface area contributed by atoms with Gasteiger partial charge in [-0.15, -0.1) is 10.2 Å². The molecule has 1 N–H and O–H groups in total. The second-order valence-corrected chi connectivity index (χ2v) is 11.5. The molecule has 2 atom stereocenters. The van der Waals surface area contributed by atoms with Crippen molar-refractivity contribution in [2.45, 2.75) is 43.2 Å². The van der Waals surface area contributed by atoms with Crippen molar-refractivity contribution in [1.82, 2.24) is 39.7 Å². The summed E-state index contributed by atoms with van der Waals surface area (Å²) < 4.78 is 56.5. The normalized spacial score (nSPS) is 21.8. The molecule has 6 rings (SSSR count). The van der Waals surface area contributed by atoms with Gasteiger partial charge >= 0.3 is 0 Å². The molecule has 1 unspecified atom stereocenters. The van der Waals surface area contributed by atoms with Crippen LogP contribution in [0, 0.1) is 17.0 Å². The summed E-state index contributed by atoms with van der Waals surface area (Å²) in [6, 6.07) is 7.26. The van der Waals surface area contributed by atoms with Gasteiger partial charge in [0.15, 0.2) is 0 Å². The average molecular weight is 525 g/mol. The van der Waals surface area contributed by atoms with Crippen molar-refractivity contribution in [2.75, 3.05) is 7.05 Å². The van der Waals surface area contributed by atoms with Crippen LogP contribution in [-0.2, 0) is 15.4 Å². The van der Waals surface area contributed by atoms with Gasteiger partial charge in [-0.25, -0.2) is 36.9 Å². The summed E-state index contributed by atoms with van der Waals surface area (Å²) in [5.41, 5.74) is 1.27. The first kappa shape index (κ1) is 23.7.